The minimum Gasteiger partial charge on any atom is -0.508 e. The molecule has 0 saturated heterocycles. The molecule has 4 N–H and O–H groups in total. The van der Waals surface area contributed by atoms with Crippen LogP contribution in [0, 0.1) is 0 Å². The number of aliphatic carboxylic acids is 1. The van der Waals surface area contributed by atoms with Crippen molar-refractivity contribution in [2.75, 3.05) is 0 Å². The number of benzene rings is 1. The molecule has 1 aromatic rings. The van der Waals surface area contributed by atoms with Crippen molar-refractivity contribution in [1.29, 1.82) is 0 Å². The molecule has 86 valence electrons. The van der Waals surface area contributed by atoms with Crippen LogP contribution in [0.1, 0.15) is 18.4 Å². The monoisotopic (exact) mass is 224 g/mol. The number of carboxylic acid groups (broad SMARTS) is 1. The van der Waals surface area contributed by atoms with Gasteiger partial charge in [0.2, 0.25) is 0 Å². The van der Waals surface area contributed by atoms with Crippen LogP contribution in [-0.2, 0) is 10.2 Å². The maximum absolute atomic E-state index is 11.2. The van der Waals surface area contributed by atoms with E-state index in [1.807, 2.05) is 0 Å². The fourth-order valence-electron chi connectivity index (χ4n) is 2.16. The zero-order valence-corrected chi connectivity index (χ0v) is 8.42. The van der Waals surface area contributed by atoms with Crippen molar-refractivity contribution < 1.29 is 25.2 Å². The summed E-state index contributed by atoms with van der Waals surface area (Å²) >= 11 is 0. The number of hydrogen-bond donors (Lipinski definition) is 4. The molecule has 5 heteroatoms. The first-order valence-corrected chi connectivity index (χ1v) is 4.89. The molecule has 0 unspecified atom stereocenters. The Morgan fingerprint density at radius 3 is 2.44 bits per heavy atom. The van der Waals surface area contributed by atoms with Crippen LogP contribution >= 0.6 is 0 Å². The Bertz CT molecular complexity index is 434. The van der Waals surface area contributed by atoms with E-state index in [0.29, 0.717) is 0 Å². The lowest BCUT2D eigenvalue weighted by molar-refractivity contribution is -0.153. The standard InChI is InChI=1S/C11H12O5/c12-6-1-2-9(14)8(3-6)11(10(15)16)4-7(13)5-11/h1-3,7,12-14H,4-5H2,(H,15,16). The number of aliphatic hydroxyl groups is 1. The van der Waals surface area contributed by atoms with Crippen molar-refractivity contribution in [3.8, 4) is 11.5 Å². The predicted molar refractivity (Wildman–Crippen MR) is 54.3 cm³/mol. The van der Waals surface area contributed by atoms with Gasteiger partial charge in [-0.3, -0.25) is 4.79 Å². The number of aliphatic hydroxyl groups excluding tert-OH is 1. The average molecular weight is 224 g/mol. The fourth-order valence-corrected chi connectivity index (χ4v) is 2.16. The van der Waals surface area contributed by atoms with E-state index in [-0.39, 0.29) is 29.9 Å². The van der Waals surface area contributed by atoms with Gasteiger partial charge in [0, 0.05) is 5.56 Å². The van der Waals surface area contributed by atoms with Crippen molar-refractivity contribution in [3.05, 3.63) is 23.8 Å². The summed E-state index contributed by atoms with van der Waals surface area (Å²) in [5.41, 5.74) is -1.12. The molecule has 1 aliphatic rings. The molecule has 0 aliphatic heterocycles. The Morgan fingerprint density at radius 1 is 1.31 bits per heavy atom. The van der Waals surface area contributed by atoms with Crippen LogP contribution in [-0.4, -0.2) is 32.5 Å². The Morgan fingerprint density at radius 2 is 1.94 bits per heavy atom. The number of aromatic hydroxyl groups is 2. The largest absolute Gasteiger partial charge is 0.508 e. The molecule has 1 fully saturated rings. The summed E-state index contributed by atoms with van der Waals surface area (Å²) in [7, 11) is 0. The zero-order valence-electron chi connectivity index (χ0n) is 8.42. The van der Waals surface area contributed by atoms with Crippen LogP contribution in [0.5, 0.6) is 11.5 Å². The lowest BCUT2D eigenvalue weighted by Crippen LogP contribution is -2.50. The molecule has 0 aromatic heterocycles. The molecule has 16 heavy (non-hydrogen) atoms. The van der Waals surface area contributed by atoms with Gasteiger partial charge in [-0.05, 0) is 31.0 Å². The van der Waals surface area contributed by atoms with Crippen LogP contribution in [0.15, 0.2) is 18.2 Å². The number of carboxylic acids is 1. The average Bonchev–Trinajstić information content (AvgIpc) is 2.16. The first kappa shape index (κ1) is 10.8. The van der Waals surface area contributed by atoms with Crippen LogP contribution in [0.2, 0.25) is 0 Å². The van der Waals surface area contributed by atoms with Gasteiger partial charge in [0.15, 0.2) is 0 Å². The van der Waals surface area contributed by atoms with E-state index in [1.54, 1.807) is 0 Å². The highest BCUT2D eigenvalue weighted by Crippen LogP contribution is 2.48. The highest BCUT2D eigenvalue weighted by Gasteiger charge is 2.52. The molecule has 5 nitrogen and oxygen atoms in total. The van der Waals surface area contributed by atoms with Gasteiger partial charge < -0.3 is 20.4 Å². The third-order valence-corrected chi connectivity index (χ3v) is 3.07. The van der Waals surface area contributed by atoms with Crippen molar-refractivity contribution in [3.63, 3.8) is 0 Å². The number of phenolic OH excluding ortho intramolecular Hbond substituents is 2. The summed E-state index contributed by atoms with van der Waals surface area (Å²) in [5.74, 6) is -1.37. The molecule has 2 rings (SSSR count). The second kappa shape index (κ2) is 3.38. The molecule has 0 bridgehead atoms. The van der Waals surface area contributed by atoms with E-state index in [4.69, 9.17) is 5.11 Å². The first-order chi connectivity index (χ1) is 7.45. The predicted octanol–water partition coefficient (Wildman–Crippen LogP) is 0.575. The SMILES string of the molecule is O=C(O)C1(c2cc(O)ccc2O)CC(O)C1. The van der Waals surface area contributed by atoms with Gasteiger partial charge in [0.1, 0.15) is 16.9 Å². The van der Waals surface area contributed by atoms with E-state index in [1.165, 1.54) is 18.2 Å². The van der Waals surface area contributed by atoms with E-state index in [9.17, 15) is 20.1 Å². The molecule has 0 radical (unpaired) electrons. The molecular formula is C11H12O5. The molecular weight excluding hydrogens is 212 g/mol. The highest BCUT2D eigenvalue weighted by molar-refractivity contribution is 5.84. The van der Waals surface area contributed by atoms with E-state index in [2.05, 4.69) is 0 Å². The fraction of sp³-hybridized carbons (Fsp3) is 0.364. The Labute approximate surface area is 91.6 Å². The Balaban J connectivity index is 2.48. The molecule has 1 aliphatic carbocycles. The maximum Gasteiger partial charge on any atom is 0.314 e. The number of hydrogen-bond acceptors (Lipinski definition) is 4. The summed E-state index contributed by atoms with van der Waals surface area (Å²) in [5, 5.41) is 37.3. The van der Waals surface area contributed by atoms with Gasteiger partial charge >= 0.3 is 5.97 Å². The van der Waals surface area contributed by atoms with Crippen LogP contribution in [0.3, 0.4) is 0 Å². The lowest BCUT2D eigenvalue weighted by atomic mass is 9.62. The lowest BCUT2D eigenvalue weighted by Gasteiger charge is -2.42. The topological polar surface area (TPSA) is 98.0 Å². The van der Waals surface area contributed by atoms with Crippen molar-refractivity contribution >= 4 is 5.97 Å². The van der Waals surface area contributed by atoms with Gasteiger partial charge in [0.05, 0.1) is 6.10 Å². The molecule has 1 aromatic carbocycles. The van der Waals surface area contributed by atoms with Gasteiger partial charge in [-0.1, -0.05) is 0 Å². The number of carbonyl (C=O) groups is 1. The number of phenols is 2. The normalized spacial score (nSPS) is 28.4. The van der Waals surface area contributed by atoms with Crippen LogP contribution < -0.4 is 0 Å². The second-order valence-electron chi connectivity index (χ2n) is 4.15. The highest BCUT2D eigenvalue weighted by atomic mass is 16.4. The van der Waals surface area contributed by atoms with Crippen LogP contribution in [0.4, 0.5) is 0 Å². The Kier molecular flexibility index (Phi) is 2.27. The summed E-state index contributed by atoms with van der Waals surface area (Å²) in [6, 6.07) is 3.76. The molecule has 0 atom stereocenters. The summed E-state index contributed by atoms with van der Waals surface area (Å²) in [6.07, 6.45) is -0.559. The molecule has 0 spiro atoms. The maximum atomic E-state index is 11.2. The minimum absolute atomic E-state index is 0.0549. The molecule has 0 heterocycles. The number of rotatable bonds is 2. The molecule has 1 saturated carbocycles. The van der Waals surface area contributed by atoms with Gasteiger partial charge in [0.25, 0.3) is 0 Å². The van der Waals surface area contributed by atoms with Gasteiger partial charge in [-0.15, -0.1) is 0 Å². The second-order valence-corrected chi connectivity index (χ2v) is 4.15. The molecule has 0 amide bonds. The van der Waals surface area contributed by atoms with E-state index in [0.717, 1.165) is 0 Å². The van der Waals surface area contributed by atoms with Gasteiger partial charge in [-0.25, -0.2) is 0 Å². The minimum atomic E-state index is -1.28. The quantitative estimate of drug-likeness (QED) is 0.551. The van der Waals surface area contributed by atoms with Crippen LogP contribution in [0.25, 0.3) is 0 Å². The smallest absolute Gasteiger partial charge is 0.314 e. The van der Waals surface area contributed by atoms with E-state index < -0.39 is 17.5 Å². The van der Waals surface area contributed by atoms with Crippen molar-refractivity contribution in [1.82, 2.24) is 0 Å². The first-order valence-electron chi connectivity index (χ1n) is 4.89. The summed E-state index contributed by atoms with van der Waals surface area (Å²) < 4.78 is 0. The summed E-state index contributed by atoms with van der Waals surface area (Å²) in [6.45, 7) is 0. The zero-order chi connectivity index (χ0) is 11.9. The van der Waals surface area contributed by atoms with Crippen molar-refractivity contribution in [2.45, 2.75) is 24.4 Å². The van der Waals surface area contributed by atoms with E-state index >= 15 is 0 Å². The third-order valence-electron chi connectivity index (χ3n) is 3.07. The van der Waals surface area contributed by atoms with Crippen molar-refractivity contribution in [2.24, 2.45) is 0 Å². The third kappa shape index (κ3) is 1.40. The summed E-state index contributed by atoms with van der Waals surface area (Å²) in [4.78, 5) is 11.2. The Hall–Kier alpha value is -1.75. The van der Waals surface area contributed by atoms with Gasteiger partial charge in [-0.2, -0.15) is 0 Å².